The second-order valence-corrected chi connectivity index (χ2v) is 8.17. The number of hydrogen-bond donors (Lipinski definition) is 2. The number of hydrogen-bond acceptors (Lipinski definition) is 6. The summed E-state index contributed by atoms with van der Waals surface area (Å²) in [5.74, 6) is 0.246. The van der Waals surface area contributed by atoms with E-state index in [1.165, 1.54) is 28.7 Å². The number of nitrogens with one attached hydrogen (secondary N) is 2. The first-order valence-electron chi connectivity index (χ1n) is 8.17. The first-order valence-corrected chi connectivity index (χ1v) is 9.97. The molecule has 7 heteroatoms. The fourth-order valence-electron chi connectivity index (χ4n) is 2.41. The molecule has 0 atom stereocenters. The van der Waals surface area contributed by atoms with Gasteiger partial charge in [-0.05, 0) is 44.0 Å². The zero-order valence-corrected chi connectivity index (χ0v) is 16.5. The van der Waals surface area contributed by atoms with Crippen molar-refractivity contribution in [1.29, 1.82) is 0 Å². The molecule has 0 spiro atoms. The van der Waals surface area contributed by atoms with Crippen LogP contribution in [0.5, 0.6) is 0 Å². The highest BCUT2D eigenvalue weighted by atomic mass is 32.2. The Morgan fingerprint density at radius 2 is 1.85 bits per heavy atom. The predicted octanol–water partition coefficient (Wildman–Crippen LogP) is 4.94. The fraction of sp³-hybridized carbons (Fsp3) is 0.211. The van der Waals surface area contributed by atoms with Gasteiger partial charge in [0.2, 0.25) is 11.0 Å². The van der Waals surface area contributed by atoms with Crippen molar-refractivity contribution >= 4 is 45.5 Å². The molecule has 0 saturated carbocycles. The van der Waals surface area contributed by atoms with E-state index in [2.05, 4.69) is 46.8 Å². The first kappa shape index (κ1) is 18.4. The lowest BCUT2D eigenvalue weighted by Crippen LogP contribution is -2.14. The Balaban J connectivity index is 1.55. The van der Waals surface area contributed by atoms with Crippen molar-refractivity contribution in [2.24, 2.45) is 0 Å². The molecule has 3 rings (SSSR count). The van der Waals surface area contributed by atoms with Crippen LogP contribution in [-0.2, 0) is 4.79 Å². The number of thioether (sulfide) groups is 1. The zero-order chi connectivity index (χ0) is 18.5. The molecule has 1 aromatic heterocycles. The van der Waals surface area contributed by atoms with Crippen LogP contribution in [0.2, 0.25) is 0 Å². The van der Waals surface area contributed by atoms with Gasteiger partial charge in [0.15, 0.2) is 4.34 Å². The molecule has 0 saturated heterocycles. The molecule has 0 unspecified atom stereocenters. The quantitative estimate of drug-likeness (QED) is 0.589. The summed E-state index contributed by atoms with van der Waals surface area (Å²) in [7, 11) is 0. The zero-order valence-electron chi connectivity index (χ0n) is 14.9. The van der Waals surface area contributed by atoms with E-state index in [0.29, 0.717) is 5.75 Å². The van der Waals surface area contributed by atoms with Gasteiger partial charge < -0.3 is 10.6 Å². The van der Waals surface area contributed by atoms with Gasteiger partial charge in [-0.15, -0.1) is 10.2 Å². The number of aromatic nitrogens is 2. The number of nitrogens with zero attached hydrogens (tertiary/aromatic N) is 2. The van der Waals surface area contributed by atoms with Crippen LogP contribution in [0.25, 0.3) is 0 Å². The molecule has 0 aliphatic heterocycles. The van der Waals surface area contributed by atoms with Crippen LogP contribution in [0.1, 0.15) is 16.7 Å². The minimum Gasteiger partial charge on any atom is -0.330 e. The molecule has 1 amide bonds. The van der Waals surface area contributed by atoms with Gasteiger partial charge in [0.05, 0.1) is 5.75 Å². The van der Waals surface area contributed by atoms with Crippen molar-refractivity contribution < 1.29 is 4.79 Å². The third-order valence-corrected chi connectivity index (χ3v) is 5.75. The van der Waals surface area contributed by atoms with Crippen molar-refractivity contribution in [2.75, 3.05) is 16.4 Å². The van der Waals surface area contributed by atoms with E-state index in [1.54, 1.807) is 0 Å². The second-order valence-electron chi connectivity index (χ2n) is 5.97. The van der Waals surface area contributed by atoms with E-state index in [4.69, 9.17) is 0 Å². The normalized spacial score (nSPS) is 10.6. The maximum absolute atomic E-state index is 12.1. The van der Waals surface area contributed by atoms with Gasteiger partial charge in [-0.2, -0.15) is 0 Å². The van der Waals surface area contributed by atoms with Crippen LogP contribution in [0.4, 0.5) is 16.5 Å². The molecule has 26 heavy (non-hydrogen) atoms. The Bertz CT molecular complexity index is 923. The number of rotatable bonds is 6. The summed E-state index contributed by atoms with van der Waals surface area (Å²) in [4.78, 5) is 12.1. The van der Waals surface area contributed by atoms with E-state index in [9.17, 15) is 4.79 Å². The van der Waals surface area contributed by atoms with E-state index in [-0.39, 0.29) is 5.91 Å². The predicted molar refractivity (Wildman–Crippen MR) is 110 cm³/mol. The Hall–Kier alpha value is -2.38. The lowest BCUT2D eigenvalue weighted by atomic mass is 10.1. The Kier molecular flexibility index (Phi) is 5.90. The number of aryl methyl sites for hydroxylation is 3. The van der Waals surface area contributed by atoms with Crippen LogP contribution in [0, 0.1) is 20.8 Å². The minimum absolute atomic E-state index is 0.0524. The molecule has 134 valence electrons. The largest absolute Gasteiger partial charge is 0.330 e. The average molecular weight is 385 g/mol. The maximum Gasteiger partial charge on any atom is 0.234 e. The first-order chi connectivity index (χ1) is 12.5. The van der Waals surface area contributed by atoms with Gasteiger partial charge in [0.1, 0.15) is 0 Å². The Morgan fingerprint density at radius 3 is 2.62 bits per heavy atom. The molecule has 0 bridgehead atoms. The van der Waals surface area contributed by atoms with E-state index >= 15 is 0 Å². The number of amides is 1. The SMILES string of the molecule is Cc1ccc(Nc2nnc(SCC(=O)Nc3ccccc3C)s2)c(C)c1. The van der Waals surface area contributed by atoms with Crippen molar-refractivity contribution in [3.05, 3.63) is 59.2 Å². The molecule has 1 heterocycles. The molecule has 2 N–H and O–H groups in total. The Labute approximate surface area is 161 Å². The Morgan fingerprint density at radius 1 is 1.04 bits per heavy atom. The highest BCUT2D eigenvalue weighted by Crippen LogP contribution is 2.29. The average Bonchev–Trinajstić information content (AvgIpc) is 3.05. The second kappa shape index (κ2) is 8.33. The monoisotopic (exact) mass is 384 g/mol. The van der Waals surface area contributed by atoms with Crippen molar-refractivity contribution in [3.8, 4) is 0 Å². The van der Waals surface area contributed by atoms with Gasteiger partial charge in [-0.1, -0.05) is 59.0 Å². The number of carbonyl (C=O) groups excluding carboxylic acids is 1. The summed E-state index contributed by atoms with van der Waals surface area (Å²) in [5.41, 5.74) is 5.28. The van der Waals surface area contributed by atoms with E-state index in [1.807, 2.05) is 37.3 Å². The molecular formula is C19H20N4OS2. The lowest BCUT2D eigenvalue weighted by Gasteiger charge is -2.07. The van der Waals surface area contributed by atoms with Crippen LogP contribution >= 0.6 is 23.1 Å². The maximum atomic E-state index is 12.1. The molecule has 0 aliphatic rings. The van der Waals surface area contributed by atoms with Gasteiger partial charge in [-0.3, -0.25) is 4.79 Å². The molecule has 3 aromatic rings. The van der Waals surface area contributed by atoms with Gasteiger partial charge >= 0.3 is 0 Å². The summed E-state index contributed by atoms with van der Waals surface area (Å²) >= 11 is 2.83. The fourth-order valence-corrected chi connectivity index (χ4v) is 3.98. The standard InChI is InChI=1S/C19H20N4OS2/c1-12-8-9-16(14(3)10-12)21-18-22-23-19(26-18)25-11-17(24)20-15-7-5-4-6-13(15)2/h4-10H,11H2,1-3H3,(H,20,24)(H,21,22). The van der Waals surface area contributed by atoms with Gasteiger partial charge in [0, 0.05) is 11.4 Å². The molecule has 0 fully saturated rings. The highest BCUT2D eigenvalue weighted by molar-refractivity contribution is 8.01. The number of para-hydroxylation sites is 1. The van der Waals surface area contributed by atoms with Crippen molar-refractivity contribution in [2.45, 2.75) is 25.1 Å². The van der Waals surface area contributed by atoms with Crippen LogP contribution in [-0.4, -0.2) is 21.9 Å². The number of anilines is 3. The highest BCUT2D eigenvalue weighted by Gasteiger charge is 2.10. The topological polar surface area (TPSA) is 66.9 Å². The number of benzene rings is 2. The van der Waals surface area contributed by atoms with E-state index in [0.717, 1.165) is 32.0 Å². The molecule has 0 radical (unpaired) electrons. The van der Waals surface area contributed by atoms with Crippen molar-refractivity contribution in [3.63, 3.8) is 0 Å². The van der Waals surface area contributed by atoms with E-state index < -0.39 is 0 Å². The van der Waals surface area contributed by atoms with Crippen LogP contribution < -0.4 is 10.6 Å². The summed E-state index contributed by atoms with van der Waals surface area (Å²) < 4.78 is 0.761. The summed E-state index contributed by atoms with van der Waals surface area (Å²) in [6, 6.07) is 13.9. The summed E-state index contributed by atoms with van der Waals surface area (Å²) in [6.45, 7) is 6.10. The van der Waals surface area contributed by atoms with Gasteiger partial charge in [-0.25, -0.2) is 0 Å². The smallest absolute Gasteiger partial charge is 0.234 e. The molecule has 5 nitrogen and oxygen atoms in total. The third-order valence-electron chi connectivity index (χ3n) is 3.78. The lowest BCUT2D eigenvalue weighted by molar-refractivity contribution is -0.113. The van der Waals surface area contributed by atoms with Crippen LogP contribution in [0.15, 0.2) is 46.8 Å². The molecule has 0 aliphatic carbocycles. The number of carbonyl (C=O) groups is 1. The molecule has 2 aromatic carbocycles. The summed E-state index contributed by atoms with van der Waals surface area (Å²) in [5, 5.41) is 15.2. The van der Waals surface area contributed by atoms with Crippen LogP contribution in [0.3, 0.4) is 0 Å². The van der Waals surface area contributed by atoms with Crippen molar-refractivity contribution in [1.82, 2.24) is 10.2 Å². The summed E-state index contributed by atoms with van der Waals surface area (Å²) in [6.07, 6.45) is 0. The minimum atomic E-state index is -0.0524. The third kappa shape index (κ3) is 4.83. The van der Waals surface area contributed by atoms with Gasteiger partial charge in [0.25, 0.3) is 0 Å². The molecular weight excluding hydrogens is 364 g/mol.